The highest BCUT2D eigenvalue weighted by Crippen LogP contribution is 2.24. The lowest BCUT2D eigenvalue weighted by Gasteiger charge is -2.26. The maximum Gasteiger partial charge on any atom is 0.243 e. The molecule has 0 unspecified atom stereocenters. The van der Waals surface area contributed by atoms with Gasteiger partial charge in [0, 0.05) is 28.9 Å². The first-order chi connectivity index (χ1) is 13.4. The third kappa shape index (κ3) is 4.91. The van der Waals surface area contributed by atoms with Gasteiger partial charge in [0.1, 0.15) is 0 Å². The van der Waals surface area contributed by atoms with Crippen LogP contribution >= 0.6 is 15.9 Å². The van der Waals surface area contributed by atoms with Crippen LogP contribution in [-0.4, -0.2) is 51.5 Å². The number of hydrogen-bond donors (Lipinski definition) is 2. The van der Waals surface area contributed by atoms with Gasteiger partial charge in [-0.2, -0.15) is 4.31 Å². The number of nitrogens with zero attached hydrogens (tertiary/aromatic N) is 1. The summed E-state index contributed by atoms with van der Waals surface area (Å²) >= 11 is 3.42. The highest BCUT2D eigenvalue weighted by molar-refractivity contribution is 9.10. The summed E-state index contributed by atoms with van der Waals surface area (Å²) in [6.45, 7) is 3.30. The van der Waals surface area contributed by atoms with E-state index in [0.29, 0.717) is 32.0 Å². The zero-order chi connectivity index (χ0) is 20.1. The maximum atomic E-state index is 12.8. The van der Waals surface area contributed by atoms with Gasteiger partial charge in [0.25, 0.3) is 0 Å². The van der Waals surface area contributed by atoms with Crippen LogP contribution in [0.2, 0.25) is 0 Å². The molecule has 0 spiro atoms. The van der Waals surface area contributed by atoms with Crippen LogP contribution in [0.1, 0.15) is 5.56 Å². The van der Waals surface area contributed by atoms with Gasteiger partial charge in [-0.15, -0.1) is 0 Å². The van der Waals surface area contributed by atoms with Crippen LogP contribution in [0.3, 0.4) is 0 Å². The highest BCUT2D eigenvalue weighted by Gasteiger charge is 2.26. The van der Waals surface area contributed by atoms with Crippen molar-refractivity contribution in [2.24, 2.45) is 0 Å². The third-order valence-corrected chi connectivity index (χ3v) is 6.99. The summed E-state index contributed by atoms with van der Waals surface area (Å²) < 4.78 is 33.1. The van der Waals surface area contributed by atoms with Crippen molar-refractivity contribution >= 4 is 43.2 Å². The van der Waals surface area contributed by atoms with E-state index < -0.39 is 10.0 Å². The minimum Gasteiger partial charge on any atom is -0.379 e. The third-order valence-electron chi connectivity index (χ3n) is 4.40. The lowest BCUT2D eigenvalue weighted by molar-refractivity contribution is -0.114. The van der Waals surface area contributed by atoms with E-state index in [4.69, 9.17) is 4.74 Å². The molecule has 2 aromatic carbocycles. The molecule has 28 heavy (non-hydrogen) atoms. The van der Waals surface area contributed by atoms with Gasteiger partial charge in [-0.1, -0.05) is 18.2 Å². The number of sulfonamides is 1. The van der Waals surface area contributed by atoms with E-state index in [2.05, 4.69) is 26.6 Å². The number of rotatable bonds is 6. The van der Waals surface area contributed by atoms with Gasteiger partial charge in [0.2, 0.25) is 15.9 Å². The number of ether oxygens (including phenoxy) is 1. The lowest BCUT2D eigenvalue weighted by Crippen LogP contribution is -2.40. The van der Waals surface area contributed by atoms with Crippen molar-refractivity contribution in [1.29, 1.82) is 0 Å². The number of halogens is 1. The minimum atomic E-state index is -3.62. The van der Waals surface area contributed by atoms with Gasteiger partial charge < -0.3 is 15.4 Å². The number of aryl methyl sites for hydroxylation is 1. The van der Waals surface area contributed by atoms with E-state index >= 15 is 0 Å². The summed E-state index contributed by atoms with van der Waals surface area (Å²) in [4.78, 5) is 12.5. The molecule has 0 aromatic heterocycles. The van der Waals surface area contributed by atoms with Crippen LogP contribution in [0.4, 0.5) is 11.4 Å². The van der Waals surface area contributed by atoms with E-state index in [1.54, 1.807) is 12.1 Å². The number of morpholine rings is 1. The summed E-state index contributed by atoms with van der Waals surface area (Å²) in [6, 6.07) is 12.3. The van der Waals surface area contributed by atoms with Crippen molar-refractivity contribution in [3.05, 3.63) is 52.5 Å². The normalized spacial score (nSPS) is 15.2. The number of anilines is 2. The summed E-state index contributed by atoms with van der Waals surface area (Å²) in [5.74, 6) is -0.264. The molecule has 1 saturated heterocycles. The zero-order valence-corrected chi connectivity index (χ0v) is 17.8. The fourth-order valence-electron chi connectivity index (χ4n) is 2.81. The first kappa shape index (κ1) is 20.8. The quantitative estimate of drug-likeness (QED) is 0.681. The molecule has 7 nitrogen and oxygen atoms in total. The Morgan fingerprint density at radius 3 is 2.57 bits per heavy atom. The Bertz CT molecular complexity index is 959. The average molecular weight is 468 g/mol. The molecule has 0 atom stereocenters. The monoisotopic (exact) mass is 467 g/mol. The second-order valence-electron chi connectivity index (χ2n) is 6.37. The van der Waals surface area contributed by atoms with Crippen molar-refractivity contribution in [3.8, 4) is 0 Å². The molecule has 0 bridgehead atoms. The van der Waals surface area contributed by atoms with Crippen LogP contribution in [0.25, 0.3) is 0 Å². The first-order valence-corrected chi connectivity index (χ1v) is 11.1. The summed E-state index contributed by atoms with van der Waals surface area (Å²) in [6.07, 6.45) is 0. The number of carbonyl (C=O) groups is 1. The Hall–Kier alpha value is -1.94. The molecule has 1 amide bonds. The number of benzene rings is 2. The molecule has 150 valence electrons. The van der Waals surface area contributed by atoms with E-state index in [9.17, 15) is 13.2 Å². The molecule has 1 heterocycles. The Kier molecular flexibility index (Phi) is 6.71. The SMILES string of the molecule is Cc1ccc(S(=O)(=O)N2CCOCC2)cc1NC(=O)CNc1ccccc1Br. The summed E-state index contributed by atoms with van der Waals surface area (Å²) in [5, 5.41) is 5.84. The van der Waals surface area contributed by atoms with E-state index in [-0.39, 0.29) is 17.3 Å². The van der Waals surface area contributed by atoms with E-state index in [0.717, 1.165) is 15.7 Å². The van der Waals surface area contributed by atoms with Gasteiger partial charge >= 0.3 is 0 Å². The standard InChI is InChI=1S/C19H22BrN3O4S/c1-14-6-7-15(28(25,26)23-8-10-27-11-9-23)12-18(14)22-19(24)13-21-17-5-3-2-4-16(17)20/h2-7,12,21H,8-11,13H2,1H3,(H,22,24). The number of para-hydroxylation sites is 1. The van der Waals surface area contributed by atoms with Crippen molar-refractivity contribution < 1.29 is 17.9 Å². The Labute approximate surface area is 173 Å². The Morgan fingerprint density at radius 2 is 1.86 bits per heavy atom. The number of amides is 1. The van der Waals surface area contributed by atoms with Gasteiger partial charge in [-0.3, -0.25) is 4.79 Å². The molecular formula is C19H22BrN3O4S. The van der Waals surface area contributed by atoms with E-state index in [1.807, 2.05) is 31.2 Å². The van der Waals surface area contributed by atoms with Crippen LogP contribution in [-0.2, 0) is 19.6 Å². The molecule has 1 aliphatic rings. The molecule has 1 aliphatic heterocycles. The molecule has 0 aliphatic carbocycles. The van der Waals surface area contributed by atoms with Crippen LogP contribution in [0.15, 0.2) is 51.8 Å². The fourth-order valence-corrected chi connectivity index (χ4v) is 4.67. The van der Waals surface area contributed by atoms with Gasteiger partial charge in [0.05, 0.1) is 24.7 Å². The topological polar surface area (TPSA) is 87.7 Å². The molecule has 0 saturated carbocycles. The van der Waals surface area contributed by atoms with Crippen LogP contribution < -0.4 is 10.6 Å². The maximum absolute atomic E-state index is 12.8. The molecule has 0 radical (unpaired) electrons. The zero-order valence-electron chi connectivity index (χ0n) is 15.4. The molecule has 9 heteroatoms. The van der Waals surface area contributed by atoms with Crippen molar-refractivity contribution in [2.75, 3.05) is 43.5 Å². The summed E-state index contributed by atoms with van der Waals surface area (Å²) in [5.41, 5.74) is 2.07. The lowest BCUT2D eigenvalue weighted by atomic mass is 10.2. The highest BCUT2D eigenvalue weighted by atomic mass is 79.9. The second-order valence-corrected chi connectivity index (χ2v) is 9.17. The number of hydrogen-bond acceptors (Lipinski definition) is 5. The number of nitrogens with one attached hydrogen (secondary N) is 2. The first-order valence-electron chi connectivity index (χ1n) is 8.85. The smallest absolute Gasteiger partial charge is 0.243 e. The average Bonchev–Trinajstić information content (AvgIpc) is 2.69. The minimum absolute atomic E-state index is 0.0580. The summed E-state index contributed by atoms with van der Waals surface area (Å²) in [7, 11) is -3.62. The predicted octanol–water partition coefficient (Wildman–Crippen LogP) is 2.83. The van der Waals surface area contributed by atoms with Crippen LogP contribution in [0.5, 0.6) is 0 Å². The second kappa shape index (κ2) is 9.04. The van der Waals surface area contributed by atoms with Gasteiger partial charge in [-0.25, -0.2) is 8.42 Å². The fraction of sp³-hybridized carbons (Fsp3) is 0.316. The van der Waals surface area contributed by atoms with Crippen molar-refractivity contribution in [2.45, 2.75) is 11.8 Å². The van der Waals surface area contributed by atoms with Crippen molar-refractivity contribution in [3.63, 3.8) is 0 Å². The van der Waals surface area contributed by atoms with E-state index in [1.165, 1.54) is 10.4 Å². The molecular weight excluding hydrogens is 446 g/mol. The number of carbonyl (C=O) groups excluding carboxylic acids is 1. The molecule has 2 N–H and O–H groups in total. The van der Waals surface area contributed by atoms with Gasteiger partial charge in [0.15, 0.2) is 0 Å². The van der Waals surface area contributed by atoms with Crippen molar-refractivity contribution in [1.82, 2.24) is 4.31 Å². The molecule has 1 fully saturated rings. The molecule has 2 aromatic rings. The Balaban J connectivity index is 1.71. The predicted molar refractivity (Wildman–Crippen MR) is 112 cm³/mol. The van der Waals surface area contributed by atoms with Gasteiger partial charge in [-0.05, 0) is 52.7 Å². The Morgan fingerprint density at radius 1 is 1.14 bits per heavy atom. The largest absolute Gasteiger partial charge is 0.379 e. The molecule has 3 rings (SSSR count). The van der Waals surface area contributed by atoms with Crippen LogP contribution in [0, 0.1) is 6.92 Å².